The van der Waals surface area contributed by atoms with Crippen LogP contribution in [0.1, 0.15) is 30.8 Å². The van der Waals surface area contributed by atoms with Gasteiger partial charge in [0, 0.05) is 11.6 Å². The van der Waals surface area contributed by atoms with Crippen molar-refractivity contribution in [1.82, 2.24) is 15.1 Å². The first-order valence-corrected chi connectivity index (χ1v) is 9.21. The van der Waals surface area contributed by atoms with Crippen molar-refractivity contribution < 1.29 is 9.53 Å². The summed E-state index contributed by atoms with van der Waals surface area (Å²) in [6.07, 6.45) is 0.842. The molecule has 6 heteroatoms. The van der Waals surface area contributed by atoms with Gasteiger partial charge in [-0.3, -0.25) is 4.79 Å². The number of methoxy groups -OCH3 is 1. The lowest BCUT2D eigenvalue weighted by atomic mass is 10.1. The van der Waals surface area contributed by atoms with E-state index in [1.54, 1.807) is 23.9 Å². The molecule has 3 rings (SSSR count). The van der Waals surface area contributed by atoms with Crippen LogP contribution in [0.25, 0.3) is 16.9 Å². The molecule has 1 amide bonds. The van der Waals surface area contributed by atoms with Gasteiger partial charge in [0.05, 0.1) is 23.5 Å². The lowest BCUT2D eigenvalue weighted by molar-refractivity contribution is 0.0931. The molecule has 0 spiro atoms. The van der Waals surface area contributed by atoms with Crippen LogP contribution in [-0.2, 0) is 0 Å². The number of aromatic nitrogens is 2. The molecule has 0 radical (unpaired) electrons. The van der Waals surface area contributed by atoms with Gasteiger partial charge in [-0.05, 0) is 43.7 Å². The van der Waals surface area contributed by atoms with Crippen LogP contribution in [0.3, 0.4) is 0 Å². The van der Waals surface area contributed by atoms with Gasteiger partial charge in [-0.1, -0.05) is 42.8 Å². The highest BCUT2D eigenvalue weighted by molar-refractivity contribution is 6.32. The van der Waals surface area contributed by atoms with Crippen LogP contribution in [0.5, 0.6) is 5.75 Å². The van der Waals surface area contributed by atoms with Crippen LogP contribution in [-0.4, -0.2) is 28.8 Å². The van der Waals surface area contributed by atoms with Crippen LogP contribution in [0, 0.1) is 0 Å². The number of para-hydroxylation sites is 1. The smallest absolute Gasteiger partial charge is 0.270 e. The first-order chi connectivity index (χ1) is 13.0. The van der Waals surface area contributed by atoms with Crippen LogP contribution in [0.2, 0.25) is 5.02 Å². The average Bonchev–Trinajstić information content (AvgIpc) is 3.13. The summed E-state index contributed by atoms with van der Waals surface area (Å²) in [7, 11) is 1.62. The van der Waals surface area contributed by atoms with Gasteiger partial charge < -0.3 is 10.1 Å². The number of hydrogen-bond acceptors (Lipinski definition) is 3. The van der Waals surface area contributed by atoms with Crippen molar-refractivity contribution in [2.45, 2.75) is 26.3 Å². The number of halogens is 1. The van der Waals surface area contributed by atoms with Crippen LogP contribution < -0.4 is 10.1 Å². The van der Waals surface area contributed by atoms with Gasteiger partial charge in [0.2, 0.25) is 0 Å². The number of hydrogen-bond donors (Lipinski definition) is 1. The molecule has 0 unspecified atom stereocenters. The number of nitrogens with one attached hydrogen (secondary N) is 1. The van der Waals surface area contributed by atoms with Crippen molar-refractivity contribution in [2.24, 2.45) is 0 Å². The van der Waals surface area contributed by atoms with Gasteiger partial charge >= 0.3 is 0 Å². The van der Waals surface area contributed by atoms with E-state index in [4.69, 9.17) is 16.3 Å². The fourth-order valence-electron chi connectivity index (χ4n) is 2.67. The van der Waals surface area contributed by atoms with Crippen molar-refractivity contribution >= 4 is 17.5 Å². The number of benzene rings is 2. The molecule has 0 aliphatic heterocycles. The Kier molecular flexibility index (Phi) is 5.81. The first kappa shape index (κ1) is 19.0. The Balaban J connectivity index is 2.11. The lowest BCUT2D eigenvalue weighted by Crippen LogP contribution is -2.33. The summed E-state index contributed by atoms with van der Waals surface area (Å²) < 4.78 is 6.89. The van der Waals surface area contributed by atoms with E-state index >= 15 is 0 Å². The molecular weight excluding hydrogens is 362 g/mol. The minimum atomic E-state index is -0.189. The molecule has 0 aliphatic rings. The fourth-order valence-corrected chi connectivity index (χ4v) is 2.89. The maximum Gasteiger partial charge on any atom is 0.270 e. The van der Waals surface area contributed by atoms with E-state index in [1.807, 2.05) is 56.3 Å². The average molecular weight is 384 g/mol. The quantitative estimate of drug-likeness (QED) is 0.669. The molecule has 3 aromatic rings. The van der Waals surface area contributed by atoms with Crippen molar-refractivity contribution in [3.05, 3.63) is 65.3 Å². The van der Waals surface area contributed by atoms with Gasteiger partial charge in [-0.15, -0.1) is 0 Å². The third kappa shape index (κ3) is 4.14. The van der Waals surface area contributed by atoms with E-state index in [0.717, 1.165) is 17.7 Å². The summed E-state index contributed by atoms with van der Waals surface area (Å²) in [5, 5.41) is 8.18. The van der Waals surface area contributed by atoms with Gasteiger partial charge in [-0.25, -0.2) is 4.68 Å². The third-order valence-corrected chi connectivity index (χ3v) is 4.70. The molecule has 0 aliphatic carbocycles. The summed E-state index contributed by atoms with van der Waals surface area (Å²) in [4.78, 5) is 12.8. The number of ether oxygens (including phenoxy) is 1. The zero-order chi connectivity index (χ0) is 19.4. The minimum absolute atomic E-state index is 0.0624. The Morgan fingerprint density at radius 1 is 1.22 bits per heavy atom. The Morgan fingerprint density at radius 2 is 2.00 bits per heavy atom. The fraction of sp³-hybridized carbons (Fsp3) is 0.238. The van der Waals surface area contributed by atoms with Gasteiger partial charge in [0.1, 0.15) is 11.4 Å². The molecule has 0 saturated carbocycles. The highest BCUT2D eigenvalue weighted by Gasteiger charge is 2.20. The monoisotopic (exact) mass is 383 g/mol. The second kappa shape index (κ2) is 8.27. The molecule has 27 heavy (non-hydrogen) atoms. The predicted molar refractivity (Wildman–Crippen MR) is 108 cm³/mol. The molecular formula is C21H22ClN3O2. The zero-order valence-electron chi connectivity index (χ0n) is 15.6. The SMILES string of the molecule is CC[C@@H](C)NC(=O)c1cc(-c2cccc(OC)c2)nn1-c1ccccc1Cl. The molecule has 0 bridgehead atoms. The van der Waals surface area contributed by atoms with Crippen molar-refractivity contribution in [3.63, 3.8) is 0 Å². The summed E-state index contributed by atoms with van der Waals surface area (Å²) in [5.74, 6) is 0.538. The van der Waals surface area contributed by atoms with E-state index in [0.29, 0.717) is 22.1 Å². The second-order valence-electron chi connectivity index (χ2n) is 6.29. The Labute approximate surface area is 163 Å². The van der Waals surface area contributed by atoms with Crippen molar-refractivity contribution in [3.8, 4) is 22.7 Å². The second-order valence-corrected chi connectivity index (χ2v) is 6.70. The van der Waals surface area contributed by atoms with E-state index in [2.05, 4.69) is 10.4 Å². The number of carbonyl (C=O) groups is 1. The van der Waals surface area contributed by atoms with Crippen molar-refractivity contribution in [2.75, 3.05) is 7.11 Å². The highest BCUT2D eigenvalue weighted by Crippen LogP contribution is 2.27. The molecule has 1 heterocycles. The van der Waals surface area contributed by atoms with Gasteiger partial charge in [0.15, 0.2) is 0 Å². The first-order valence-electron chi connectivity index (χ1n) is 8.83. The number of rotatable bonds is 6. The molecule has 1 aromatic heterocycles. The Hall–Kier alpha value is -2.79. The Bertz CT molecular complexity index is 952. The topological polar surface area (TPSA) is 56.1 Å². The summed E-state index contributed by atoms with van der Waals surface area (Å²) >= 11 is 6.36. The lowest BCUT2D eigenvalue weighted by Gasteiger charge is -2.13. The summed E-state index contributed by atoms with van der Waals surface area (Å²) in [6.45, 7) is 4.00. The molecule has 0 saturated heterocycles. The normalized spacial score (nSPS) is 11.9. The van der Waals surface area contributed by atoms with E-state index in [-0.39, 0.29) is 11.9 Å². The van der Waals surface area contributed by atoms with Crippen LogP contribution >= 0.6 is 11.6 Å². The number of amides is 1. The minimum Gasteiger partial charge on any atom is -0.497 e. The largest absolute Gasteiger partial charge is 0.497 e. The van der Waals surface area contributed by atoms with Gasteiger partial charge in [0.25, 0.3) is 5.91 Å². The standard InChI is InChI=1S/C21H22ClN3O2/c1-4-14(2)23-21(26)20-13-18(15-8-7-9-16(12-15)27-3)24-25(20)19-11-6-5-10-17(19)22/h5-14H,4H2,1-3H3,(H,23,26)/t14-/m1/s1. The maximum atomic E-state index is 12.8. The van der Waals surface area contributed by atoms with E-state index < -0.39 is 0 Å². The number of carbonyl (C=O) groups excluding carboxylic acids is 1. The van der Waals surface area contributed by atoms with Gasteiger partial charge in [-0.2, -0.15) is 5.10 Å². The molecule has 1 N–H and O–H groups in total. The molecule has 140 valence electrons. The van der Waals surface area contributed by atoms with E-state index in [9.17, 15) is 4.79 Å². The molecule has 0 fully saturated rings. The predicted octanol–water partition coefficient (Wildman–Crippen LogP) is 4.73. The summed E-state index contributed by atoms with van der Waals surface area (Å²) in [6, 6.07) is 16.7. The maximum absolute atomic E-state index is 12.8. The zero-order valence-corrected chi connectivity index (χ0v) is 16.3. The third-order valence-electron chi connectivity index (χ3n) is 4.38. The van der Waals surface area contributed by atoms with Crippen LogP contribution in [0.4, 0.5) is 0 Å². The molecule has 1 atom stereocenters. The van der Waals surface area contributed by atoms with Crippen molar-refractivity contribution in [1.29, 1.82) is 0 Å². The molecule has 5 nitrogen and oxygen atoms in total. The van der Waals surface area contributed by atoms with E-state index in [1.165, 1.54) is 0 Å². The number of nitrogens with zero attached hydrogens (tertiary/aromatic N) is 2. The summed E-state index contributed by atoms with van der Waals surface area (Å²) in [5.41, 5.74) is 2.62. The highest BCUT2D eigenvalue weighted by atomic mass is 35.5. The Morgan fingerprint density at radius 3 is 2.70 bits per heavy atom. The molecule has 2 aromatic carbocycles. The van der Waals surface area contributed by atoms with Crippen LogP contribution in [0.15, 0.2) is 54.6 Å².